The Morgan fingerprint density at radius 2 is 1.55 bits per heavy atom. The van der Waals surface area contributed by atoms with Crippen LogP contribution in [0.2, 0.25) is 0 Å². The van der Waals surface area contributed by atoms with E-state index in [4.69, 9.17) is 4.74 Å². The molecule has 1 N–H and O–H groups in total. The number of carbonyl (C=O) groups excluding carboxylic acids is 3. The third-order valence-corrected chi connectivity index (χ3v) is 16.2. The van der Waals surface area contributed by atoms with Crippen molar-refractivity contribution in [1.29, 1.82) is 0 Å². The van der Waals surface area contributed by atoms with Gasteiger partial charge in [0.15, 0.2) is 5.78 Å². The maximum Gasteiger partial charge on any atom is 0.302 e. The number of carbonyl (C=O) groups is 3. The molecule has 51 heavy (non-hydrogen) atoms. The lowest BCUT2D eigenvalue weighted by Crippen LogP contribution is -2.66. The van der Waals surface area contributed by atoms with Gasteiger partial charge >= 0.3 is 5.97 Å². The van der Waals surface area contributed by atoms with E-state index in [1.165, 1.54) is 12.5 Å². The quantitative estimate of drug-likeness (QED) is 0.324. The van der Waals surface area contributed by atoms with Gasteiger partial charge in [-0.15, -0.1) is 0 Å². The molecule has 8 nitrogen and oxygen atoms in total. The number of esters is 1. The lowest BCUT2D eigenvalue weighted by molar-refractivity contribution is -0.210. The molecule has 8 heteroatoms. The molecule has 0 aliphatic heterocycles. The molecule has 0 unspecified atom stereocenters. The first-order valence-electron chi connectivity index (χ1n) is 19.3. The van der Waals surface area contributed by atoms with E-state index < -0.39 is 5.41 Å². The molecule has 0 radical (unpaired) electrons. The average Bonchev–Trinajstić information content (AvgIpc) is 3.27. The van der Waals surface area contributed by atoms with Gasteiger partial charge in [-0.3, -0.25) is 23.9 Å². The summed E-state index contributed by atoms with van der Waals surface area (Å²) in [5.74, 6) is 0.170. The van der Waals surface area contributed by atoms with Crippen LogP contribution in [0.4, 0.5) is 5.69 Å². The fourth-order valence-corrected chi connectivity index (χ4v) is 12.7. The summed E-state index contributed by atoms with van der Waals surface area (Å²) in [7, 11) is 1.84. The number of ether oxygens (including phenoxy) is 1. The predicted octanol–water partition coefficient (Wildman–Crippen LogP) is 8.34. The number of hydrogen-bond donors (Lipinski definition) is 1. The van der Waals surface area contributed by atoms with E-state index >= 15 is 0 Å². The number of nitrogens with one attached hydrogen (secondary N) is 1. The van der Waals surface area contributed by atoms with Crippen molar-refractivity contribution >= 4 is 23.3 Å². The number of fused-ring (bicyclic) bond motifs is 7. The molecule has 5 aliphatic rings. The Kier molecular flexibility index (Phi) is 8.14. The number of ketones is 1. The van der Waals surface area contributed by atoms with E-state index in [0.717, 1.165) is 57.1 Å². The van der Waals surface area contributed by atoms with Crippen molar-refractivity contribution in [3.05, 3.63) is 58.0 Å². The molecule has 1 amide bonds. The predicted molar refractivity (Wildman–Crippen MR) is 199 cm³/mol. The Bertz CT molecular complexity index is 1890. The smallest absolute Gasteiger partial charge is 0.302 e. The van der Waals surface area contributed by atoms with Gasteiger partial charge in [-0.2, -0.15) is 0 Å². The highest BCUT2D eigenvalue weighted by Crippen LogP contribution is 2.75. The lowest BCUT2D eigenvalue weighted by Gasteiger charge is -2.70. The fourth-order valence-electron chi connectivity index (χ4n) is 12.7. The number of para-hydroxylation sites is 1. The standard InChI is InChI=1S/C43H59N3O5/c1-26-34(36(49)46(45(26)10)28-14-12-11-13-15-28)44-37(50)40(6)21-20-39(5)22-23-42(8)29(30(39)25-40)24-31(48)35-41(7)18-17-33(51-27(2)47)38(3,4)32(41)16-19-43(35,42)9/h11-15,24,30,32-33,35H,16-23,25H2,1-10H3,(H,44,50)/t30-,32+,33+,35+,39+,40+,41+,42+,43+/m0/s1. The summed E-state index contributed by atoms with van der Waals surface area (Å²) < 4.78 is 9.30. The van der Waals surface area contributed by atoms with Crippen molar-refractivity contribution in [2.24, 2.45) is 57.3 Å². The van der Waals surface area contributed by atoms with Crippen LogP contribution in [0.15, 0.2) is 46.8 Å². The third-order valence-electron chi connectivity index (χ3n) is 16.2. The van der Waals surface area contributed by atoms with Crippen LogP contribution in [-0.2, 0) is 26.2 Å². The molecule has 9 atom stereocenters. The molecule has 276 valence electrons. The summed E-state index contributed by atoms with van der Waals surface area (Å²) in [6.07, 6.45) is 9.91. The fraction of sp³-hybridized carbons (Fsp3) is 0.674. The van der Waals surface area contributed by atoms with Gasteiger partial charge in [-0.05, 0) is 116 Å². The summed E-state index contributed by atoms with van der Waals surface area (Å²) in [6.45, 7) is 19.5. The number of hydrogen-bond acceptors (Lipinski definition) is 5. The van der Waals surface area contributed by atoms with Gasteiger partial charge in [-0.25, -0.2) is 4.68 Å². The molecule has 1 aromatic carbocycles. The molecule has 0 bridgehead atoms. The van der Waals surface area contributed by atoms with E-state index in [9.17, 15) is 19.2 Å². The minimum atomic E-state index is -0.695. The van der Waals surface area contributed by atoms with Gasteiger partial charge < -0.3 is 10.1 Å². The Labute approximate surface area is 303 Å². The van der Waals surface area contributed by atoms with Gasteiger partial charge in [0.25, 0.3) is 5.56 Å². The van der Waals surface area contributed by atoms with E-state index in [1.54, 1.807) is 9.36 Å². The molecule has 0 spiro atoms. The van der Waals surface area contributed by atoms with Crippen LogP contribution in [-0.4, -0.2) is 33.1 Å². The molecule has 2 aromatic rings. The monoisotopic (exact) mass is 697 g/mol. The second kappa shape index (κ2) is 11.5. The first kappa shape index (κ1) is 36.0. The molecule has 0 saturated heterocycles. The van der Waals surface area contributed by atoms with Crippen LogP contribution in [0.25, 0.3) is 5.69 Å². The molecular formula is C43H59N3O5. The molecule has 4 saturated carbocycles. The number of aromatic nitrogens is 2. The van der Waals surface area contributed by atoms with Crippen molar-refractivity contribution in [3.63, 3.8) is 0 Å². The maximum atomic E-state index is 14.8. The Hall–Kier alpha value is -3.42. The first-order chi connectivity index (χ1) is 23.7. The number of rotatable bonds is 4. The van der Waals surface area contributed by atoms with E-state index in [2.05, 4.69) is 59.9 Å². The second-order valence-corrected chi connectivity index (χ2v) is 19.1. The van der Waals surface area contributed by atoms with Gasteiger partial charge in [0.1, 0.15) is 11.8 Å². The van der Waals surface area contributed by atoms with E-state index in [-0.39, 0.29) is 74.2 Å². The summed E-state index contributed by atoms with van der Waals surface area (Å²) in [5.41, 5.74) is 1.30. The number of benzene rings is 1. The highest BCUT2D eigenvalue weighted by molar-refractivity contribution is 5.97. The summed E-state index contributed by atoms with van der Waals surface area (Å²) >= 11 is 0. The Balaban J connectivity index is 1.21. The van der Waals surface area contributed by atoms with Gasteiger partial charge in [0.2, 0.25) is 5.91 Å². The Morgan fingerprint density at radius 1 is 0.882 bits per heavy atom. The highest BCUT2D eigenvalue weighted by Gasteiger charge is 2.70. The van der Waals surface area contributed by atoms with Crippen LogP contribution in [0.3, 0.4) is 0 Å². The highest BCUT2D eigenvalue weighted by atomic mass is 16.5. The number of anilines is 1. The SMILES string of the molecule is CC(=O)O[C@@H]1CC[C@]2(C)[C@H](CC[C@]3(C)[C@@H]2C(=O)C=C2[C@@H]4C[C@](C)(C(=O)Nc5c(C)n(C)n(-c6ccccc6)c5=O)CC[C@]4(C)CC[C@]23C)C1(C)C. The third kappa shape index (κ3) is 4.96. The average molecular weight is 698 g/mol. The zero-order valence-corrected chi connectivity index (χ0v) is 32.6. The molecule has 4 fully saturated rings. The zero-order valence-electron chi connectivity index (χ0n) is 32.6. The zero-order chi connectivity index (χ0) is 37.1. The van der Waals surface area contributed by atoms with Crippen molar-refractivity contribution in [1.82, 2.24) is 9.36 Å². The molecule has 1 heterocycles. The minimum absolute atomic E-state index is 0.00246. The van der Waals surface area contributed by atoms with Crippen molar-refractivity contribution in [2.45, 2.75) is 126 Å². The number of allylic oxidation sites excluding steroid dienone is 2. The second-order valence-electron chi connectivity index (χ2n) is 19.1. The van der Waals surface area contributed by atoms with Gasteiger partial charge in [0.05, 0.1) is 11.4 Å². The molecular weight excluding hydrogens is 638 g/mol. The summed E-state index contributed by atoms with van der Waals surface area (Å²) in [5, 5.41) is 3.12. The number of amides is 1. The lowest BCUT2D eigenvalue weighted by atomic mass is 9.33. The minimum Gasteiger partial charge on any atom is -0.462 e. The first-order valence-corrected chi connectivity index (χ1v) is 19.3. The number of nitrogens with zero attached hydrogens (tertiary/aromatic N) is 2. The molecule has 1 aromatic heterocycles. The van der Waals surface area contributed by atoms with Crippen molar-refractivity contribution in [3.8, 4) is 5.69 Å². The van der Waals surface area contributed by atoms with Gasteiger partial charge in [-0.1, -0.05) is 72.2 Å². The normalized spacial score (nSPS) is 39.8. The molecule has 7 rings (SSSR count). The van der Waals surface area contributed by atoms with E-state index in [0.29, 0.717) is 17.8 Å². The molecule has 5 aliphatic carbocycles. The largest absolute Gasteiger partial charge is 0.462 e. The van der Waals surface area contributed by atoms with Crippen molar-refractivity contribution < 1.29 is 19.1 Å². The van der Waals surface area contributed by atoms with Crippen molar-refractivity contribution in [2.75, 3.05) is 5.32 Å². The van der Waals surface area contributed by atoms with Crippen LogP contribution in [0.5, 0.6) is 0 Å². The maximum absolute atomic E-state index is 14.8. The van der Waals surface area contributed by atoms with E-state index in [1.807, 2.05) is 44.3 Å². The van der Waals surface area contributed by atoms with Gasteiger partial charge in [0, 0.05) is 30.7 Å². The summed E-state index contributed by atoms with van der Waals surface area (Å²) in [4.78, 5) is 55.0. The van der Waals surface area contributed by atoms with Crippen LogP contribution >= 0.6 is 0 Å². The van der Waals surface area contributed by atoms with Crippen LogP contribution in [0, 0.1) is 57.2 Å². The summed E-state index contributed by atoms with van der Waals surface area (Å²) in [6, 6.07) is 9.50. The topological polar surface area (TPSA) is 99.4 Å². The van der Waals surface area contributed by atoms with Crippen LogP contribution < -0.4 is 10.9 Å². The Morgan fingerprint density at radius 3 is 2.22 bits per heavy atom. The van der Waals surface area contributed by atoms with Crippen LogP contribution in [0.1, 0.15) is 119 Å².